The molecule has 6 nitrogen and oxygen atoms in total. The number of methoxy groups -OCH3 is 1. The number of rotatable bonds is 8. The first-order valence-electron chi connectivity index (χ1n) is 9.19. The normalized spacial score (nSPS) is 13.0. The van der Waals surface area contributed by atoms with Gasteiger partial charge in [-0.1, -0.05) is 53.6 Å². The second-order valence-corrected chi connectivity index (χ2v) is 7.58. The molecule has 7 heteroatoms. The largest absolute Gasteiger partial charge is 0.464 e. The lowest BCUT2D eigenvalue weighted by Crippen LogP contribution is -2.20. The second kappa shape index (κ2) is 10.7. The lowest BCUT2D eigenvalue weighted by Gasteiger charge is -2.13. The number of hydrogen-bond acceptors (Lipinski definition) is 6. The van der Waals surface area contributed by atoms with Gasteiger partial charge in [-0.05, 0) is 42.3 Å². The zero-order valence-electron chi connectivity index (χ0n) is 17.4. The van der Waals surface area contributed by atoms with Gasteiger partial charge in [0.05, 0.1) is 12.8 Å². The van der Waals surface area contributed by atoms with Gasteiger partial charge in [-0.2, -0.15) is 0 Å². The maximum absolute atomic E-state index is 12.1. The first kappa shape index (κ1) is 22.6. The summed E-state index contributed by atoms with van der Waals surface area (Å²) in [5.41, 5.74) is 5.74. The topological polar surface area (TPSA) is 69.5 Å². The number of carbonyl (C=O) groups is 1. The average molecular weight is 414 g/mol. The summed E-state index contributed by atoms with van der Waals surface area (Å²) < 4.78 is 4.83. The van der Waals surface area contributed by atoms with Gasteiger partial charge in [0.2, 0.25) is 0 Å². The quantitative estimate of drug-likeness (QED) is 0.278. The molecule has 0 amide bonds. The van der Waals surface area contributed by atoms with Crippen molar-refractivity contribution in [2.45, 2.75) is 33.0 Å². The van der Waals surface area contributed by atoms with E-state index in [1.54, 1.807) is 6.07 Å². The Hall–Kier alpha value is -2.72. The van der Waals surface area contributed by atoms with Crippen LogP contribution in [0.1, 0.15) is 47.3 Å². The third-order valence-corrected chi connectivity index (χ3v) is 4.85. The molecule has 0 aliphatic rings. The van der Waals surface area contributed by atoms with Gasteiger partial charge in [0, 0.05) is 11.1 Å². The Balaban J connectivity index is 2.27. The van der Waals surface area contributed by atoms with E-state index in [2.05, 4.69) is 38.6 Å². The van der Waals surface area contributed by atoms with Crippen LogP contribution in [0.15, 0.2) is 52.8 Å². The van der Waals surface area contributed by atoms with Gasteiger partial charge in [0.25, 0.3) is 0 Å². The van der Waals surface area contributed by atoms with E-state index in [4.69, 9.17) is 14.4 Å². The van der Waals surface area contributed by atoms with Crippen molar-refractivity contribution in [3.8, 4) is 0 Å². The van der Waals surface area contributed by atoms with Crippen molar-refractivity contribution in [2.24, 2.45) is 10.3 Å². The fraction of sp³-hybridized carbons (Fsp3) is 0.318. The minimum absolute atomic E-state index is 0.0835. The summed E-state index contributed by atoms with van der Waals surface area (Å²) >= 11 is 0. The number of carbonyl (C=O) groups excluding carboxylic acids is 1. The summed E-state index contributed by atoms with van der Waals surface area (Å²) in [4.78, 5) is 22.6. The summed E-state index contributed by atoms with van der Waals surface area (Å²) in [5.74, 6) is -0.582. The molecular weight excluding hydrogens is 387 g/mol. The van der Waals surface area contributed by atoms with Crippen LogP contribution in [0.25, 0.3) is 0 Å². The minimum atomic E-state index is -0.582. The molecule has 0 aromatic heterocycles. The summed E-state index contributed by atoms with van der Waals surface area (Å²) in [5, 5.41) is 8.10. The Bertz CT molecular complexity index is 923. The number of benzene rings is 2. The van der Waals surface area contributed by atoms with Crippen LogP contribution in [0.5, 0.6) is 0 Å². The predicted molar refractivity (Wildman–Crippen MR) is 118 cm³/mol. The van der Waals surface area contributed by atoms with Crippen molar-refractivity contribution in [1.82, 2.24) is 0 Å². The molecule has 0 spiro atoms. The molecule has 0 radical (unpaired) electrons. The van der Waals surface area contributed by atoms with Crippen LogP contribution in [0.2, 0.25) is 0 Å². The minimum Gasteiger partial charge on any atom is -0.464 e. The lowest BCUT2D eigenvalue weighted by atomic mass is 9.99. The molecule has 0 heterocycles. The summed E-state index contributed by atoms with van der Waals surface area (Å²) in [6, 6.07) is 13.7. The number of ether oxygens (including phenoxy) is 1. The Morgan fingerprint density at radius 3 is 2.52 bits per heavy atom. The third-order valence-electron chi connectivity index (χ3n) is 4.47. The van der Waals surface area contributed by atoms with Gasteiger partial charge in [-0.25, -0.2) is 4.79 Å². The molecule has 2 atom stereocenters. The highest BCUT2D eigenvalue weighted by Crippen LogP contribution is 2.23. The van der Waals surface area contributed by atoms with Crippen LogP contribution in [0.4, 0.5) is 0 Å². The maximum atomic E-state index is 12.1. The van der Waals surface area contributed by atoms with Crippen molar-refractivity contribution >= 4 is 26.6 Å². The summed E-state index contributed by atoms with van der Waals surface area (Å²) in [7, 11) is 5.47. The van der Waals surface area contributed by atoms with E-state index in [1.165, 1.54) is 19.8 Å². The monoisotopic (exact) mass is 414 g/mol. The van der Waals surface area contributed by atoms with E-state index < -0.39 is 5.97 Å². The number of nitrogens with zero attached hydrogens (tertiary/aromatic N) is 2. The highest BCUT2D eigenvalue weighted by Gasteiger charge is 2.20. The van der Waals surface area contributed by atoms with Gasteiger partial charge < -0.3 is 14.4 Å². The smallest absolute Gasteiger partial charge is 0.360 e. The molecule has 0 aliphatic heterocycles. The van der Waals surface area contributed by atoms with Crippen LogP contribution in [0.3, 0.4) is 0 Å². The average Bonchev–Trinajstić information content (AvgIpc) is 2.72. The number of aryl methyl sites for hydroxylation is 1. The van der Waals surface area contributed by atoms with E-state index >= 15 is 0 Å². The number of esters is 1. The van der Waals surface area contributed by atoms with Crippen molar-refractivity contribution < 1.29 is 19.2 Å². The molecule has 154 valence electrons. The standard InChI is InChI=1S/C22H27N2O4P/c1-14-8-6-11-19(21(24-27-5)22(25)26-4)20(14)13-28-23-15(2)17-9-7-10-18(12-17)16(3)29/h6-12,16H,13,29H2,1-5H3/b23-15+,24-21+. The Labute approximate surface area is 174 Å². The Morgan fingerprint density at radius 1 is 1.14 bits per heavy atom. The molecule has 0 saturated heterocycles. The molecule has 2 aromatic rings. The van der Waals surface area contributed by atoms with Crippen molar-refractivity contribution in [3.63, 3.8) is 0 Å². The Morgan fingerprint density at radius 2 is 1.86 bits per heavy atom. The Kier molecular flexibility index (Phi) is 8.34. The SMILES string of the molecule is CO/N=C(/C(=O)OC)c1cccc(C)c1CO/N=C(\C)c1cccc(C(C)P)c1. The van der Waals surface area contributed by atoms with E-state index in [-0.39, 0.29) is 12.3 Å². The van der Waals surface area contributed by atoms with Crippen molar-refractivity contribution in [3.05, 3.63) is 70.3 Å². The first-order valence-corrected chi connectivity index (χ1v) is 9.86. The molecule has 2 unspecified atom stereocenters. The van der Waals surface area contributed by atoms with Crippen LogP contribution >= 0.6 is 9.24 Å². The third kappa shape index (κ3) is 5.88. The summed E-state index contributed by atoms with van der Waals surface area (Å²) in [6.45, 7) is 6.13. The van der Waals surface area contributed by atoms with Crippen LogP contribution in [-0.4, -0.2) is 31.6 Å². The predicted octanol–water partition coefficient (Wildman–Crippen LogP) is 4.40. The maximum Gasteiger partial charge on any atom is 0.360 e. The van der Waals surface area contributed by atoms with Gasteiger partial charge in [-0.15, -0.1) is 9.24 Å². The van der Waals surface area contributed by atoms with Crippen LogP contribution in [-0.2, 0) is 25.8 Å². The van der Waals surface area contributed by atoms with E-state index in [0.29, 0.717) is 11.2 Å². The molecule has 29 heavy (non-hydrogen) atoms. The zero-order chi connectivity index (χ0) is 21.4. The van der Waals surface area contributed by atoms with Gasteiger partial charge in [0.15, 0.2) is 5.71 Å². The van der Waals surface area contributed by atoms with Crippen LogP contribution in [0, 0.1) is 6.92 Å². The highest BCUT2D eigenvalue weighted by atomic mass is 31.0. The fourth-order valence-corrected chi connectivity index (χ4v) is 3.00. The molecule has 0 N–H and O–H groups in total. The molecule has 2 rings (SSSR count). The van der Waals surface area contributed by atoms with Gasteiger partial charge in [0.1, 0.15) is 13.7 Å². The van der Waals surface area contributed by atoms with Gasteiger partial charge >= 0.3 is 5.97 Å². The molecule has 0 fully saturated rings. The van der Waals surface area contributed by atoms with E-state index in [0.717, 1.165) is 22.4 Å². The molecule has 0 aliphatic carbocycles. The fourth-order valence-electron chi connectivity index (χ4n) is 2.79. The number of hydrogen-bond donors (Lipinski definition) is 0. The number of oxime groups is 2. The van der Waals surface area contributed by atoms with Crippen molar-refractivity contribution in [2.75, 3.05) is 14.2 Å². The molecule has 2 aromatic carbocycles. The van der Waals surface area contributed by atoms with E-state index in [1.807, 2.05) is 38.1 Å². The lowest BCUT2D eigenvalue weighted by molar-refractivity contribution is -0.132. The molecule has 0 saturated carbocycles. The van der Waals surface area contributed by atoms with Gasteiger partial charge in [-0.3, -0.25) is 0 Å². The second-order valence-electron chi connectivity index (χ2n) is 6.58. The van der Waals surface area contributed by atoms with Crippen molar-refractivity contribution in [1.29, 1.82) is 0 Å². The summed E-state index contributed by atoms with van der Waals surface area (Å²) in [6.07, 6.45) is 0. The van der Waals surface area contributed by atoms with E-state index in [9.17, 15) is 4.79 Å². The highest BCUT2D eigenvalue weighted by molar-refractivity contribution is 7.17. The van der Waals surface area contributed by atoms with Crippen LogP contribution < -0.4 is 0 Å². The zero-order valence-corrected chi connectivity index (χ0v) is 18.6. The molecular formula is C22H27N2O4P. The first-order chi connectivity index (χ1) is 13.9. The molecule has 0 bridgehead atoms.